The molecule has 2 unspecified atom stereocenters. The molecule has 3 heterocycles. The fraction of sp³-hybridized carbons (Fsp3) is 0.667. The highest BCUT2D eigenvalue weighted by atomic mass is 16.5. The summed E-state index contributed by atoms with van der Waals surface area (Å²) in [6, 6.07) is 1.90. The predicted octanol–water partition coefficient (Wildman–Crippen LogP) is 2.68. The third kappa shape index (κ3) is 3.50. The molecule has 5 nitrogen and oxygen atoms in total. The molecule has 2 aliphatic heterocycles. The van der Waals surface area contributed by atoms with E-state index in [2.05, 4.69) is 4.90 Å². The maximum Gasteiger partial charge on any atom is 0.341 e. The first kappa shape index (κ1) is 16.2. The Bertz CT molecular complexity index is 608. The van der Waals surface area contributed by atoms with E-state index in [9.17, 15) is 9.59 Å². The van der Waals surface area contributed by atoms with Crippen molar-refractivity contribution in [2.75, 3.05) is 19.7 Å². The first-order valence-corrected chi connectivity index (χ1v) is 8.59. The van der Waals surface area contributed by atoms with Crippen LogP contribution >= 0.6 is 0 Å². The summed E-state index contributed by atoms with van der Waals surface area (Å²) in [6.07, 6.45) is 6.06. The molecule has 0 bridgehead atoms. The molecule has 0 spiro atoms. The van der Waals surface area contributed by atoms with Gasteiger partial charge in [0.2, 0.25) is 0 Å². The molecule has 2 saturated heterocycles. The third-order valence-electron chi connectivity index (χ3n) is 5.20. The van der Waals surface area contributed by atoms with Crippen LogP contribution in [0.5, 0.6) is 0 Å². The molecule has 2 fully saturated rings. The second-order valence-electron chi connectivity index (χ2n) is 6.78. The normalized spacial score (nSPS) is 25.0. The van der Waals surface area contributed by atoms with Gasteiger partial charge in [-0.05, 0) is 58.2 Å². The van der Waals surface area contributed by atoms with Crippen LogP contribution in [-0.4, -0.2) is 36.6 Å². The Labute approximate surface area is 136 Å². The molecule has 0 aromatic carbocycles. The van der Waals surface area contributed by atoms with Crippen molar-refractivity contribution in [2.45, 2.75) is 52.0 Å². The van der Waals surface area contributed by atoms with Crippen LogP contribution in [0.4, 0.5) is 0 Å². The highest BCUT2D eigenvalue weighted by molar-refractivity contribution is 5.91. The van der Waals surface area contributed by atoms with Crippen LogP contribution in [0, 0.1) is 19.8 Å². The summed E-state index contributed by atoms with van der Waals surface area (Å²) in [5.74, 6) is 0.379. The summed E-state index contributed by atoms with van der Waals surface area (Å²) in [5.41, 5.74) is 0.578. The van der Waals surface area contributed by atoms with E-state index in [1.807, 2.05) is 0 Å². The lowest BCUT2D eigenvalue weighted by molar-refractivity contribution is 0.00711. The Morgan fingerprint density at radius 3 is 2.83 bits per heavy atom. The van der Waals surface area contributed by atoms with Gasteiger partial charge in [0.05, 0.1) is 6.61 Å². The third-order valence-corrected chi connectivity index (χ3v) is 5.20. The summed E-state index contributed by atoms with van der Waals surface area (Å²) in [6.45, 7) is 6.19. The zero-order valence-corrected chi connectivity index (χ0v) is 14.0. The molecule has 0 saturated carbocycles. The molecule has 0 radical (unpaired) electrons. The van der Waals surface area contributed by atoms with E-state index in [-0.39, 0.29) is 5.97 Å². The maximum atomic E-state index is 12.4. The molecule has 1 aromatic heterocycles. The topological polar surface area (TPSA) is 59.8 Å². The second kappa shape index (κ2) is 6.87. The Morgan fingerprint density at radius 2 is 2.04 bits per heavy atom. The van der Waals surface area contributed by atoms with Gasteiger partial charge in [-0.15, -0.1) is 0 Å². The number of carbonyl (C=O) groups excluding carboxylic acids is 1. The SMILES string of the molecule is Cc1cc(=O)oc(C)c1C(=O)OCC1CCCN2CCCCC12. The van der Waals surface area contributed by atoms with E-state index in [0.717, 1.165) is 6.42 Å². The van der Waals surface area contributed by atoms with Crippen LogP contribution in [0.2, 0.25) is 0 Å². The molecule has 2 atom stereocenters. The number of carbonyl (C=O) groups is 1. The van der Waals surface area contributed by atoms with Crippen molar-refractivity contribution in [3.63, 3.8) is 0 Å². The number of hydrogen-bond acceptors (Lipinski definition) is 5. The number of esters is 1. The maximum absolute atomic E-state index is 12.4. The van der Waals surface area contributed by atoms with Crippen LogP contribution < -0.4 is 5.63 Å². The monoisotopic (exact) mass is 319 g/mol. The lowest BCUT2D eigenvalue weighted by Gasteiger charge is -2.44. The Hall–Kier alpha value is -1.62. The molecule has 0 N–H and O–H groups in total. The number of aryl methyl sites for hydroxylation is 2. The second-order valence-corrected chi connectivity index (χ2v) is 6.78. The summed E-state index contributed by atoms with van der Waals surface area (Å²) < 4.78 is 10.6. The van der Waals surface area contributed by atoms with Crippen molar-refractivity contribution in [1.82, 2.24) is 4.90 Å². The van der Waals surface area contributed by atoms with Gasteiger partial charge < -0.3 is 9.15 Å². The fourth-order valence-electron chi connectivity index (χ4n) is 4.09. The number of fused-ring (bicyclic) bond motifs is 1. The van der Waals surface area contributed by atoms with Gasteiger partial charge in [0.1, 0.15) is 11.3 Å². The standard InChI is InChI=1S/C18H25NO4/c1-12-10-16(20)23-13(2)17(12)18(21)22-11-14-6-5-9-19-8-4-3-7-15(14)19/h10,14-15H,3-9,11H2,1-2H3. The van der Waals surface area contributed by atoms with Crippen molar-refractivity contribution in [3.05, 3.63) is 33.4 Å². The average molecular weight is 319 g/mol. The van der Waals surface area contributed by atoms with E-state index in [1.165, 1.54) is 44.8 Å². The largest absolute Gasteiger partial charge is 0.462 e. The van der Waals surface area contributed by atoms with Crippen molar-refractivity contribution in [3.8, 4) is 0 Å². The highest BCUT2D eigenvalue weighted by Crippen LogP contribution is 2.31. The number of ether oxygens (including phenoxy) is 1. The van der Waals surface area contributed by atoms with Crippen LogP contribution in [0.1, 0.15) is 53.8 Å². The van der Waals surface area contributed by atoms with Gasteiger partial charge in [0.15, 0.2) is 0 Å². The van der Waals surface area contributed by atoms with Gasteiger partial charge in [-0.3, -0.25) is 4.90 Å². The van der Waals surface area contributed by atoms with E-state index < -0.39 is 5.63 Å². The average Bonchev–Trinajstić information content (AvgIpc) is 2.52. The molecule has 2 aliphatic rings. The summed E-state index contributed by atoms with van der Waals surface area (Å²) >= 11 is 0. The molecular formula is C18H25NO4. The minimum atomic E-state index is -0.429. The fourth-order valence-corrected chi connectivity index (χ4v) is 4.09. The number of piperidine rings is 2. The summed E-state index contributed by atoms with van der Waals surface area (Å²) in [7, 11) is 0. The minimum Gasteiger partial charge on any atom is -0.462 e. The van der Waals surface area contributed by atoms with Gasteiger partial charge in [-0.25, -0.2) is 9.59 Å². The molecule has 1 aromatic rings. The van der Waals surface area contributed by atoms with Gasteiger partial charge in [0.25, 0.3) is 0 Å². The first-order chi connectivity index (χ1) is 11.1. The summed E-state index contributed by atoms with van der Waals surface area (Å²) in [4.78, 5) is 26.3. The van der Waals surface area contributed by atoms with Crippen molar-refractivity contribution >= 4 is 5.97 Å². The molecule has 0 amide bonds. The Morgan fingerprint density at radius 1 is 1.26 bits per heavy atom. The van der Waals surface area contributed by atoms with Crippen molar-refractivity contribution in [2.24, 2.45) is 5.92 Å². The predicted molar refractivity (Wildman–Crippen MR) is 86.7 cm³/mol. The molecule has 126 valence electrons. The lowest BCUT2D eigenvalue weighted by Crippen LogP contribution is -2.49. The smallest absolute Gasteiger partial charge is 0.341 e. The zero-order chi connectivity index (χ0) is 16.4. The lowest BCUT2D eigenvalue weighted by atomic mass is 9.84. The van der Waals surface area contributed by atoms with Crippen LogP contribution in [0.15, 0.2) is 15.3 Å². The van der Waals surface area contributed by atoms with Crippen molar-refractivity contribution in [1.29, 1.82) is 0 Å². The quantitative estimate of drug-likeness (QED) is 0.802. The number of hydrogen-bond donors (Lipinski definition) is 0. The van der Waals surface area contributed by atoms with E-state index in [0.29, 0.717) is 35.5 Å². The van der Waals surface area contributed by atoms with Gasteiger partial charge in [-0.2, -0.15) is 0 Å². The zero-order valence-electron chi connectivity index (χ0n) is 14.0. The molecule has 23 heavy (non-hydrogen) atoms. The molecular weight excluding hydrogens is 294 g/mol. The van der Waals surface area contributed by atoms with Crippen LogP contribution in [0.25, 0.3) is 0 Å². The van der Waals surface area contributed by atoms with Crippen LogP contribution in [-0.2, 0) is 4.74 Å². The van der Waals surface area contributed by atoms with E-state index >= 15 is 0 Å². The van der Waals surface area contributed by atoms with Gasteiger partial charge in [-0.1, -0.05) is 6.42 Å². The molecule has 0 aliphatic carbocycles. The summed E-state index contributed by atoms with van der Waals surface area (Å²) in [5, 5.41) is 0. The molecule has 3 rings (SSSR count). The van der Waals surface area contributed by atoms with Gasteiger partial charge >= 0.3 is 11.6 Å². The molecule has 5 heteroatoms. The van der Waals surface area contributed by atoms with Gasteiger partial charge in [0, 0.05) is 18.0 Å². The first-order valence-electron chi connectivity index (χ1n) is 8.59. The van der Waals surface area contributed by atoms with E-state index in [4.69, 9.17) is 9.15 Å². The Kier molecular flexibility index (Phi) is 4.85. The van der Waals surface area contributed by atoms with Crippen molar-refractivity contribution < 1.29 is 13.9 Å². The van der Waals surface area contributed by atoms with Crippen LogP contribution in [0.3, 0.4) is 0 Å². The highest BCUT2D eigenvalue weighted by Gasteiger charge is 2.33. The van der Waals surface area contributed by atoms with E-state index in [1.54, 1.807) is 13.8 Å². The number of rotatable bonds is 3. The minimum absolute atomic E-state index is 0.336. The number of nitrogens with zero attached hydrogens (tertiary/aromatic N) is 1. The Balaban J connectivity index is 1.66.